The van der Waals surface area contributed by atoms with E-state index in [1.807, 2.05) is 49.3 Å². The van der Waals surface area contributed by atoms with E-state index < -0.39 is 0 Å². The lowest BCUT2D eigenvalue weighted by molar-refractivity contribution is 0.253. The van der Waals surface area contributed by atoms with E-state index >= 15 is 0 Å². The van der Waals surface area contributed by atoms with Gasteiger partial charge in [-0.3, -0.25) is 0 Å². The summed E-state index contributed by atoms with van der Waals surface area (Å²) in [5, 5.41) is 0. The van der Waals surface area contributed by atoms with Gasteiger partial charge in [0, 0.05) is 12.6 Å². The SMILES string of the molecule is CN(C)CCOc1cc(F)ccc1Oc1ccccc1. The van der Waals surface area contributed by atoms with Crippen LogP contribution in [-0.2, 0) is 0 Å². The molecule has 0 saturated carbocycles. The average Bonchev–Trinajstić information content (AvgIpc) is 2.42. The van der Waals surface area contributed by atoms with Crippen molar-refractivity contribution in [2.45, 2.75) is 0 Å². The van der Waals surface area contributed by atoms with E-state index in [0.29, 0.717) is 23.9 Å². The van der Waals surface area contributed by atoms with Crippen molar-refractivity contribution in [1.82, 2.24) is 4.90 Å². The van der Waals surface area contributed by atoms with Crippen molar-refractivity contribution in [2.24, 2.45) is 0 Å². The second-order valence-electron chi connectivity index (χ2n) is 4.66. The number of benzene rings is 2. The molecule has 0 spiro atoms. The first-order valence-corrected chi connectivity index (χ1v) is 6.45. The molecule has 2 aromatic carbocycles. The normalized spacial score (nSPS) is 10.6. The van der Waals surface area contributed by atoms with Crippen LogP contribution in [0.15, 0.2) is 48.5 Å². The molecule has 0 radical (unpaired) electrons. The fraction of sp³-hybridized carbons (Fsp3) is 0.250. The predicted molar refractivity (Wildman–Crippen MR) is 77.0 cm³/mol. The molecule has 0 saturated heterocycles. The van der Waals surface area contributed by atoms with E-state index in [2.05, 4.69) is 0 Å². The maximum absolute atomic E-state index is 13.3. The molecular weight excluding hydrogens is 257 g/mol. The minimum atomic E-state index is -0.342. The van der Waals surface area contributed by atoms with E-state index in [0.717, 1.165) is 6.54 Å². The first-order chi connectivity index (χ1) is 9.65. The summed E-state index contributed by atoms with van der Waals surface area (Å²) in [5.41, 5.74) is 0. The number of halogens is 1. The van der Waals surface area contributed by atoms with Gasteiger partial charge in [-0.2, -0.15) is 0 Å². The Morgan fingerprint density at radius 3 is 2.45 bits per heavy atom. The summed E-state index contributed by atoms with van der Waals surface area (Å²) < 4.78 is 24.6. The minimum Gasteiger partial charge on any atom is -0.488 e. The van der Waals surface area contributed by atoms with Crippen LogP contribution in [0.3, 0.4) is 0 Å². The Labute approximate surface area is 118 Å². The molecule has 0 amide bonds. The summed E-state index contributed by atoms with van der Waals surface area (Å²) in [5.74, 6) is 1.27. The molecule has 0 fully saturated rings. The lowest BCUT2D eigenvalue weighted by Gasteiger charge is -2.14. The van der Waals surface area contributed by atoms with E-state index in [1.165, 1.54) is 12.1 Å². The Balaban J connectivity index is 2.11. The van der Waals surface area contributed by atoms with Crippen LogP contribution in [0.5, 0.6) is 17.2 Å². The molecule has 0 atom stereocenters. The molecule has 0 N–H and O–H groups in total. The number of rotatable bonds is 6. The molecule has 4 heteroatoms. The highest BCUT2D eigenvalue weighted by Gasteiger charge is 2.08. The van der Waals surface area contributed by atoms with Gasteiger partial charge in [-0.05, 0) is 38.4 Å². The monoisotopic (exact) mass is 275 g/mol. The van der Waals surface area contributed by atoms with Crippen LogP contribution in [0.4, 0.5) is 4.39 Å². The maximum Gasteiger partial charge on any atom is 0.169 e. The van der Waals surface area contributed by atoms with Crippen LogP contribution in [0, 0.1) is 5.82 Å². The van der Waals surface area contributed by atoms with Gasteiger partial charge in [-0.15, -0.1) is 0 Å². The lowest BCUT2D eigenvalue weighted by atomic mass is 10.3. The second kappa shape index (κ2) is 6.91. The molecule has 20 heavy (non-hydrogen) atoms. The van der Waals surface area contributed by atoms with Gasteiger partial charge in [-0.25, -0.2) is 4.39 Å². The number of para-hydroxylation sites is 1. The highest BCUT2D eigenvalue weighted by atomic mass is 19.1. The third kappa shape index (κ3) is 4.24. The first kappa shape index (κ1) is 14.3. The number of ether oxygens (including phenoxy) is 2. The lowest BCUT2D eigenvalue weighted by Crippen LogP contribution is -2.19. The van der Waals surface area contributed by atoms with Crippen molar-refractivity contribution in [3.05, 3.63) is 54.3 Å². The zero-order chi connectivity index (χ0) is 14.4. The van der Waals surface area contributed by atoms with Crippen molar-refractivity contribution >= 4 is 0 Å². The minimum absolute atomic E-state index is 0.342. The Morgan fingerprint density at radius 1 is 1.00 bits per heavy atom. The zero-order valence-electron chi connectivity index (χ0n) is 11.7. The molecule has 0 aliphatic carbocycles. The average molecular weight is 275 g/mol. The van der Waals surface area contributed by atoms with Crippen molar-refractivity contribution in [3.63, 3.8) is 0 Å². The van der Waals surface area contributed by atoms with E-state index in [9.17, 15) is 4.39 Å². The third-order valence-corrected chi connectivity index (χ3v) is 2.67. The number of nitrogens with zero attached hydrogens (tertiary/aromatic N) is 1. The standard InChI is InChI=1S/C16H18FNO2/c1-18(2)10-11-19-16-12-13(17)8-9-15(16)20-14-6-4-3-5-7-14/h3-9,12H,10-11H2,1-2H3. The second-order valence-corrected chi connectivity index (χ2v) is 4.66. The molecular formula is C16H18FNO2. The van der Waals surface area contributed by atoms with Gasteiger partial charge in [0.25, 0.3) is 0 Å². The van der Waals surface area contributed by atoms with Crippen LogP contribution in [0.1, 0.15) is 0 Å². The molecule has 0 bridgehead atoms. The van der Waals surface area contributed by atoms with Gasteiger partial charge >= 0.3 is 0 Å². The van der Waals surface area contributed by atoms with Gasteiger partial charge in [-0.1, -0.05) is 18.2 Å². The van der Waals surface area contributed by atoms with Crippen molar-refractivity contribution < 1.29 is 13.9 Å². The molecule has 0 aromatic heterocycles. The summed E-state index contributed by atoms with van der Waals surface area (Å²) in [4.78, 5) is 2.00. The number of likely N-dealkylation sites (N-methyl/N-ethyl adjacent to an activating group) is 1. The summed E-state index contributed by atoms with van der Waals surface area (Å²) in [6.45, 7) is 1.23. The van der Waals surface area contributed by atoms with Gasteiger partial charge in [0.1, 0.15) is 18.2 Å². The fourth-order valence-corrected chi connectivity index (χ4v) is 1.63. The topological polar surface area (TPSA) is 21.7 Å². The molecule has 0 aliphatic rings. The Kier molecular flexibility index (Phi) is 4.96. The molecule has 3 nitrogen and oxygen atoms in total. The Hall–Kier alpha value is -2.07. The van der Waals surface area contributed by atoms with E-state index in [-0.39, 0.29) is 5.82 Å². The summed E-state index contributed by atoms with van der Waals surface area (Å²) >= 11 is 0. The molecule has 0 unspecified atom stereocenters. The maximum atomic E-state index is 13.3. The Bertz CT molecular complexity index is 543. The van der Waals surface area contributed by atoms with Crippen LogP contribution in [0.25, 0.3) is 0 Å². The highest BCUT2D eigenvalue weighted by molar-refractivity contribution is 5.43. The van der Waals surface area contributed by atoms with Crippen molar-refractivity contribution in [3.8, 4) is 17.2 Å². The van der Waals surface area contributed by atoms with Crippen LogP contribution in [0.2, 0.25) is 0 Å². The molecule has 106 valence electrons. The van der Waals surface area contributed by atoms with Crippen LogP contribution >= 0.6 is 0 Å². The largest absolute Gasteiger partial charge is 0.488 e. The van der Waals surface area contributed by atoms with E-state index in [4.69, 9.17) is 9.47 Å². The van der Waals surface area contributed by atoms with E-state index in [1.54, 1.807) is 6.07 Å². The summed E-state index contributed by atoms with van der Waals surface area (Å²) in [7, 11) is 3.91. The summed E-state index contributed by atoms with van der Waals surface area (Å²) in [6.07, 6.45) is 0. The van der Waals surface area contributed by atoms with Crippen molar-refractivity contribution in [1.29, 1.82) is 0 Å². The van der Waals surface area contributed by atoms with Gasteiger partial charge < -0.3 is 14.4 Å². The highest BCUT2D eigenvalue weighted by Crippen LogP contribution is 2.32. The number of hydrogen-bond acceptors (Lipinski definition) is 3. The smallest absolute Gasteiger partial charge is 0.169 e. The zero-order valence-corrected chi connectivity index (χ0v) is 11.7. The Morgan fingerprint density at radius 2 is 1.75 bits per heavy atom. The molecule has 2 aromatic rings. The first-order valence-electron chi connectivity index (χ1n) is 6.45. The third-order valence-electron chi connectivity index (χ3n) is 2.67. The molecule has 0 aliphatic heterocycles. The predicted octanol–water partition coefficient (Wildman–Crippen LogP) is 3.56. The van der Waals surface area contributed by atoms with Crippen LogP contribution < -0.4 is 9.47 Å². The van der Waals surface area contributed by atoms with Crippen LogP contribution in [-0.4, -0.2) is 32.1 Å². The van der Waals surface area contributed by atoms with Gasteiger partial charge in [0.15, 0.2) is 11.5 Å². The van der Waals surface area contributed by atoms with Crippen molar-refractivity contribution in [2.75, 3.05) is 27.2 Å². The van der Waals surface area contributed by atoms with Gasteiger partial charge in [0.2, 0.25) is 0 Å². The molecule has 0 heterocycles. The number of hydrogen-bond donors (Lipinski definition) is 0. The molecule has 2 rings (SSSR count). The summed E-state index contributed by atoms with van der Waals surface area (Å²) in [6, 6.07) is 13.6. The fourth-order valence-electron chi connectivity index (χ4n) is 1.63. The quantitative estimate of drug-likeness (QED) is 0.804. The van der Waals surface area contributed by atoms with Gasteiger partial charge in [0.05, 0.1) is 0 Å².